The van der Waals surface area contributed by atoms with Gasteiger partial charge in [-0.1, -0.05) is 20.8 Å². The van der Waals surface area contributed by atoms with E-state index in [0.717, 1.165) is 0 Å². The first-order valence-corrected chi connectivity index (χ1v) is 6.50. The Balaban J connectivity index is 4.78. The Labute approximate surface area is 99.3 Å². The van der Waals surface area contributed by atoms with Crippen LogP contribution in [0.2, 0.25) is 0 Å². The maximum atomic E-state index is 12.1. The van der Waals surface area contributed by atoms with E-state index < -0.39 is 34.2 Å². The fourth-order valence-electron chi connectivity index (χ4n) is 1.39. The fourth-order valence-corrected chi connectivity index (χ4v) is 2.12. The Bertz CT molecular complexity index is 362. The summed E-state index contributed by atoms with van der Waals surface area (Å²) in [5.41, 5.74) is -0.370. The highest BCUT2D eigenvalue weighted by Gasteiger charge is 2.30. The zero-order chi connectivity index (χ0) is 13.9. The number of halogens is 2. The molecule has 0 aliphatic rings. The van der Waals surface area contributed by atoms with E-state index in [9.17, 15) is 22.0 Å². The van der Waals surface area contributed by atoms with Crippen molar-refractivity contribution >= 4 is 16.0 Å². The van der Waals surface area contributed by atoms with Crippen LogP contribution in [0.5, 0.6) is 0 Å². The lowest BCUT2D eigenvalue weighted by atomic mass is 9.87. The van der Waals surface area contributed by atoms with Gasteiger partial charge in [0.1, 0.15) is 0 Å². The van der Waals surface area contributed by atoms with Crippen LogP contribution in [0.15, 0.2) is 0 Å². The van der Waals surface area contributed by atoms with E-state index >= 15 is 0 Å². The van der Waals surface area contributed by atoms with Gasteiger partial charge in [0.15, 0.2) is 0 Å². The molecule has 2 N–H and O–H groups in total. The molecule has 0 rings (SSSR count). The number of aliphatic carboxylic acids is 1. The molecule has 0 bridgehead atoms. The molecule has 0 saturated heterocycles. The molecule has 0 aliphatic heterocycles. The molecule has 0 aromatic carbocycles. The van der Waals surface area contributed by atoms with Crippen LogP contribution in [-0.4, -0.2) is 31.3 Å². The summed E-state index contributed by atoms with van der Waals surface area (Å²) < 4.78 is 47.9. The zero-order valence-electron chi connectivity index (χ0n) is 9.91. The topological polar surface area (TPSA) is 83.5 Å². The molecule has 102 valence electrons. The lowest BCUT2D eigenvalue weighted by Crippen LogP contribution is -2.41. The van der Waals surface area contributed by atoms with Gasteiger partial charge in [-0.15, -0.1) is 0 Å². The minimum Gasteiger partial charge on any atom is -0.481 e. The molecule has 17 heavy (non-hydrogen) atoms. The van der Waals surface area contributed by atoms with Gasteiger partial charge >= 0.3 is 11.7 Å². The second-order valence-electron chi connectivity index (χ2n) is 4.98. The van der Waals surface area contributed by atoms with Crippen LogP contribution in [0, 0.1) is 5.41 Å². The van der Waals surface area contributed by atoms with E-state index in [-0.39, 0.29) is 11.8 Å². The lowest BCUT2D eigenvalue weighted by Gasteiger charge is -2.25. The minimum atomic E-state index is -4.76. The van der Waals surface area contributed by atoms with Crippen molar-refractivity contribution in [2.24, 2.45) is 5.41 Å². The number of hydrogen-bond donors (Lipinski definition) is 2. The highest BCUT2D eigenvalue weighted by molar-refractivity contribution is 7.89. The molecule has 0 fully saturated rings. The average Bonchev–Trinajstić information content (AvgIpc) is 1.96. The maximum absolute atomic E-state index is 12.1. The van der Waals surface area contributed by atoms with E-state index in [2.05, 4.69) is 0 Å². The van der Waals surface area contributed by atoms with Gasteiger partial charge in [-0.05, 0) is 11.8 Å². The number of carboxylic acids is 1. The van der Waals surface area contributed by atoms with E-state index in [1.54, 1.807) is 25.5 Å². The number of alkyl halides is 2. The molecule has 0 spiro atoms. The summed E-state index contributed by atoms with van der Waals surface area (Å²) in [6.45, 7) is 5.29. The number of rotatable bonds is 6. The van der Waals surface area contributed by atoms with Crippen molar-refractivity contribution in [3.05, 3.63) is 0 Å². The van der Waals surface area contributed by atoms with E-state index in [0.29, 0.717) is 0 Å². The molecular formula is C9H17F2NO4S. The van der Waals surface area contributed by atoms with Crippen molar-refractivity contribution in [3.8, 4) is 0 Å². The van der Waals surface area contributed by atoms with Crippen molar-refractivity contribution in [1.29, 1.82) is 0 Å². The highest BCUT2D eigenvalue weighted by atomic mass is 32.2. The van der Waals surface area contributed by atoms with Crippen LogP contribution in [0.3, 0.4) is 0 Å². The Hall–Kier alpha value is -0.760. The van der Waals surface area contributed by atoms with Gasteiger partial charge in [0.05, 0.1) is 6.42 Å². The van der Waals surface area contributed by atoms with Gasteiger partial charge in [-0.3, -0.25) is 4.79 Å². The van der Waals surface area contributed by atoms with Gasteiger partial charge in [-0.25, -0.2) is 13.1 Å². The molecule has 1 unspecified atom stereocenters. The number of sulfonamides is 1. The van der Waals surface area contributed by atoms with Crippen LogP contribution < -0.4 is 4.72 Å². The lowest BCUT2D eigenvalue weighted by molar-refractivity contribution is -0.137. The number of hydrogen-bond acceptors (Lipinski definition) is 3. The van der Waals surface area contributed by atoms with Crippen LogP contribution in [0.1, 0.15) is 33.6 Å². The smallest absolute Gasteiger partial charge is 0.350 e. The second kappa shape index (κ2) is 5.72. The minimum absolute atomic E-state index is 0.158. The zero-order valence-corrected chi connectivity index (χ0v) is 10.7. The van der Waals surface area contributed by atoms with Gasteiger partial charge in [0, 0.05) is 6.04 Å². The summed E-state index contributed by atoms with van der Waals surface area (Å²) in [6.07, 6.45) is -0.367. The molecule has 0 amide bonds. The highest BCUT2D eigenvalue weighted by Crippen LogP contribution is 2.23. The molecule has 1 atom stereocenters. The molecule has 0 saturated carbocycles. The summed E-state index contributed by atoms with van der Waals surface area (Å²) in [4.78, 5) is 10.5. The van der Waals surface area contributed by atoms with Gasteiger partial charge in [0.25, 0.3) is 10.0 Å². The summed E-state index contributed by atoms with van der Waals surface area (Å²) in [5, 5.41) is 8.59. The Morgan fingerprint density at radius 2 is 1.82 bits per heavy atom. The van der Waals surface area contributed by atoms with Crippen molar-refractivity contribution in [2.75, 3.05) is 0 Å². The van der Waals surface area contributed by atoms with Crippen molar-refractivity contribution in [1.82, 2.24) is 4.72 Å². The van der Waals surface area contributed by atoms with Crippen molar-refractivity contribution < 1.29 is 27.1 Å². The molecule has 0 aliphatic carbocycles. The first-order chi connectivity index (χ1) is 7.44. The molecular weight excluding hydrogens is 256 g/mol. The van der Waals surface area contributed by atoms with Crippen molar-refractivity contribution in [2.45, 2.75) is 45.4 Å². The summed E-state index contributed by atoms with van der Waals surface area (Å²) in [6, 6.07) is -1.04. The predicted molar refractivity (Wildman–Crippen MR) is 58.2 cm³/mol. The monoisotopic (exact) mass is 273 g/mol. The average molecular weight is 273 g/mol. The normalized spacial score (nSPS) is 14.9. The Morgan fingerprint density at radius 1 is 1.35 bits per heavy atom. The largest absolute Gasteiger partial charge is 0.481 e. The van der Waals surface area contributed by atoms with E-state index in [4.69, 9.17) is 5.11 Å². The summed E-state index contributed by atoms with van der Waals surface area (Å²) in [5.74, 6) is -4.80. The third-order valence-electron chi connectivity index (χ3n) is 1.85. The van der Waals surface area contributed by atoms with Crippen LogP contribution in [-0.2, 0) is 14.8 Å². The maximum Gasteiger partial charge on any atom is 0.350 e. The molecule has 5 nitrogen and oxygen atoms in total. The second-order valence-corrected chi connectivity index (χ2v) is 6.67. The van der Waals surface area contributed by atoms with Gasteiger partial charge in [0.2, 0.25) is 0 Å². The van der Waals surface area contributed by atoms with Crippen LogP contribution >= 0.6 is 0 Å². The Kier molecular flexibility index (Phi) is 5.47. The van der Waals surface area contributed by atoms with Gasteiger partial charge < -0.3 is 5.11 Å². The van der Waals surface area contributed by atoms with Crippen LogP contribution in [0.25, 0.3) is 0 Å². The van der Waals surface area contributed by atoms with E-state index in [1.165, 1.54) is 0 Å². The molecule has 8 heteroatoms. The number of carboxylic acid groups (broad SMARTS) is 1. The van der Waals surface area contributed by atoms with Crippen molar-refractivity contribution in [3.63, 3.8) is 0 Å². The molecule has 0 aromatic rings. The molecule has 0 aromatic heterocycles. The predicted octanol–water partition coefficient (Wildman–Crippen LogP) is 1.41. The Morgan fingerprint density at radius 3 is 2.12 bits per heavy atom. The first-order valence-electron chi connectivity index (χ1n) is 4.95. The van der Waals surface area contributed by atoms with Gasteiger partial charge in [-0.2, -0.15) is 8.78 Å². The quantitative estimate of drug-likeness (QED) is 0.766. The van der Waals surface area contributed by atoms with E-state index in [1.807, 2.05) is 0 Å². The molecule has 0 radical (unpaired) electrons. The standard InChI is InChI=1S/C9H17F2NO4S/c1-9(2,3)5-6(4-7(13)14)12-17(15,16)8(10)11/h6,8,12H,4-5H2,1-3H3,(H,13,14). The third kappa shape index (κ3) is 7.22. The molecule has 0 heterocycles. The van der Waals surface area contributed by atoms with Crippen LogP contribution in [0.4, 0.5) is 8.78 Å². The third-order valence-corrected chi connectivity index (χ3v) is 2.98. The fraction of sp³-hybridized carbons (Fsp3) is 0.889. The first kappa shape index (κ1) is 16.2. The summed E-state index contributed by atoms with van der Waals surface area (Å²) >= 11 is 0. The number of nitrogens with one attached hydrogen (secondary N) is 1. The SMILES string of the molecule is CC(C)(C)CC(CC(=O)O)NS(=O)(=O)C(F)F. The number of carbonyl (C=O) groups is 1. The summed E-state index contributed by atoms with van der Waals surface area (Å²) in [7, 11) is -4.76.